The van der Waals surface area contributed by atoms with E-state index in [1.54, 1.807) is 11.1 Å². The summed E-state index contributed by atoms with van der Waals surface area (Å²) in [5, 5.41) is 3.43. The van der Waals surface area contributed by atoms with Crippen molar-refractivity contribution in [1.29, 1.82) is 0 Å². The maximum Gasteiger partial charge on any atom is 0.0359 e. The van der Waals surface area contributed by atoms with Gasteiger partial charge in [0.25, 0.3) is 0 Å². The van der Waals surface area contributed by atoms with Crippen molar-refractivity contribution in [3.05, 3.63) is 59.4 Å². The minimum Gasteiger partial charge on any atom is -0.350 e. The summed E-state index contributed by atoms with van der Waals surface area (Å²) < 4.78 is 2.43. The van der Waals surface area contributed by atoms with Crippen LogP contribution in [0.4, 0.5) is 0 Å². The summed E-state index contributed by atoms with van der Waals surface area (Å²) in [6, 6.07) is 13.4. The molecule has 0 saturated heterocycles. The molecule has 1 aromatic carbocycles. The lowest BCUT2D eigenvalue weighted by atomic mass is 9.83. The summed E-state index contributed by atoms with van der Waals surface area (Å²) in [7, 11) is 0. The van der Waals surface area contributed by atoms with Crippen molar-refractivity contribution in [2.24, 2.45) is 0 Å². The Hall–Kier alpha value is -1.54. The van der Waals surface area contributed by atoms with Gasteiger partial charge in [-0.1, -0.05) is 31.2 Å². The smallest absolute Gasteiger partial charge is 0.0359 e. The Morgan fingerprint density at radius 1 is 1.20 bits per heavy atom. The fraction of sp³-hybridized carbons (Fsp3) is 0.444. The molecular formula is C18H24N2. The van der Waals surface area contributed by atoms with Gasteiger partial charge in [0.2, 0.25) is 0 Å². The summed E-state index contributed by atoms with van der Waals surface area (Å²) in [4.78, 5) is 0. The molecule has 0 spiro atoms. The first-order chi connectivity index (χ1) is 9.88. The fourth-order valence-electron chi connectivity index (χ4n) is 3.32. The second-order valence-corrected chi connectivity index (χ2v) is 5.72. The molecule has 0 fully saturated rings. The number of hydrogen-bond donors (Lipinski definition) is 1. The third-order valence-corrected chi connectivity index (χ3v) is 4.39. The third kappa shape index (κ3) is 2.80. The zero-order chi connectivity index (χ0) is 13.8. The lowest BCUT2D eigenvalue weighted by molar-refractivity contribution is 0.472. The zero-order valence-corrected chi connectivity index (χ0v) is 12.3. The molecule has 1 unspecified atom stereocenters. The van der Waals surface area contributed by atoms with Crippen molar-refractivity contribution >= 4 is 0 Å². The lowest BCUT2D eigenvalue weighted by Crippen LogP contribution is -2.19. The fourth-order valence-corrected chi connectivity index (χ4v) is 3.32. The van der Waals surface area contributed by atoms with Crippen molar-refractivity contribution in [2.45, 2.75) is 45.2 Å². The van der Waals surface area contributed by atoms with Gasteiger partial charge in [-0.05, 0) is 49.1 Å². The van der Waals surface area contributed by atoms with E-state index in [1.807, 2.05) is 0 Å². The molecule has 1 aliphatic carbocycles. The normalized spacial score (nSPS) is 17.9. The van der Waals surface area contributed by atoms with Crippen LogP contribution in [0.1, 0.15) is 42.5 Å². The van der Waals surface area contributed by atoms with Crippen molar-refractivity contribution in [3.63, 3.8) is 0 Å². The van der Waals surface area contributed by atoms with E-state index in [2.05, 4.69) is 59.4 Å². The highest BCUT2D eigenvalue weighted by molar-refractivity contribution is 5.32. The Labute approximate surface area is 121 Å². The van der Waals surface area contributed by atoms with Crippen LogP contribution in [0.3, 0.4) is 0 Å². The van der Waals surface area contributed by atoms with Crippen LogP contribution in [0.25, 0.3) is 0 Å². The topological polar surface area (TPSA) is 17.0 Å². The van der Waals surface area contributed by atoms with Crippen LogP contribution in [0.15, 0.2) is 42.6 Å². The molecule has 106 valence electrons. The van der Waals surface area contributed by atoms with E-state index in [4.69, 9.17) is 0 Å². The third-order valence-electron chi connectivity index (χ3n) is 4.39. The first-order valence-corrected chi connectivity index (χ1v) is 7.81. The van der Waals surface area contributed by atoms with Gasteiger partial charge in [-0.25, -0.2) is 0 Å². The molecule has 1 N–H and O–H groups in total. The number of benzene rings is 1. The molecule has 2 aromatic rings. The Morgan fingerprint density at radius 3 is 3.00 bits per heavy atom. The summed E-state index contributed by atoms with van der Waals surface area (Å²) in [6.45, 7) is 5.27. The minimum atomic E-state index is 0.674. The second-order valence-electron chi connectivity index (χ2n) is 5.72. The number of aromatic nitrogens is 1. The van der Waals surface area contributed by atoms with E-state index in [1.165, 1.54) is 25.0 Å². The molecule has 0 radical (unpaired) electrons. The van der Waals surface area contributed by atoms with Gasteiger partial charge < -0.3 is 9.88 Å². The summed E-state index contributed by atoms with van der Waals surface area (Å²) >= 11 is 0. The molecule has 1 atom stereocenters. The Morgan fingerprint density at radius 2 is 2.10 bits per heavy atom. The number of rotatable bonds is 5. The zero-order valence-electron chi connectivity index (χ0n) is 12.3. The average Bonchev–Trinajstić information content (AvgIpc) is 2.93. The van der Waals surface area contributed by atoms with Gasteiger partial charge in [0.15, 0.2) is 0 Å². The number of nitrogens with one attached hydrogen (secondary N) is 1. The van der Waals surface area contributed by atoms with Crippen LogP contribution < -0.4 is 5.32 Å². The van der Waals surface area contributed by atoms with Crippen LogP contribution in [0.2, 0.25) is 0 Å². The summed E-state index contributed by atoms with van der Waals surface area (Å²) in [6.07, 6.45) is 6.12. The Kier molecular flexibility index (Phi) is 4.22. The van der Waals surface area contributed by atoms with Crippen LogP contribution in [0, 0.1) is 0 Å². The summed E-state index contributed by atoms with van der Waals surface area (Å²) in [5.41, 5.74) is 4.53. The van der Waals surface area contributed by atoms with Gasteiger partial charge in [0.05, 0.1) is 0 Å². The maximum absolute atomic E-state index is 3.43. The molecule has 1 aromatic heterocycles. The van der Waals surface area contributed by atoms with Gasteiger partial charge in [0, 0.05) is 30.9 Å². The minimum absolute atomic E-state index is 0.674. The molecule has 0 amide bonds. The van der Waals surface area contributed by atoms with E-state index in [0.717, 1.165) is 19.6 Å². The highest BCUT2D eigenvalue weighted by atomic mass is 15.0. The van der Waals surface area contributed by atoms with Gasteiger partial charge >= 0.3 is 0 Å². The summed E-state index contributed by atoms with van der Waals surface area (Å²) in [5.74, 6) is 0.674. The van der Waals surface area contributed by atoms with Gasteiger partial charge in [0.1, 0.15) is 0 Å². The SMILES string of the molecule is CCNCc1cccn1CC1CCCc2ccccc21. The van der Waals surface area contributed by atoms with E-state index < -0.39 is 0 Å². The van der Waals surface area contributed by atoms with E-state index >= 15 is 0 Å². The number of nitrogens with zero attached hydrogens (tertiary/aromatic N) is 1. The quantitative estimate of drug-likeness (QED) is 0.874. The van der Waals surface area contributed by atoms with Crippen molar-refractivity contribution in [3.8, 4) is 0 Å². The van der Waals surface area contributed by atoms with Crippen molar-refractivity contribution in [1.82, 2.24) is 9.88 Å². The maximum atomic E-state index is 3.43. The van der Waals surface area contributed by atoms with E-state index in [-0.39, 0.29) is 0 Å². The number of hydrogen-bond acceptors (Lipinski definition) is 1. The molecule has 1 aliphatic rings. The molecule has 0 aliphatic heterocycles. The molecule has 0 saturated carbocycles. The molecule has 0 bridgehead atoms. The first kappa shape index (κ1) is 13.4. The van der Waals surface area contributed by atoms with Gasteiger partial charge in [-0.15, -0.1) is 0 Å². The average molecular weight is 268 g/mol. The Balaban J connectivity index is 1.77. The second kappa shape index (κ2) is 6.27. The Bertz CT molecular complexity index is 556. The predicted molar refractivity (Wildman–Crippen MR) is 83.9 cm³/mol. The highest BCUT2D eigenvalue weighted by Gasteiger charge is 2.20. The molecule has 2 nitrogen and oxygen atoms in total. The lowest BCUT2D eigenvalue weighted by Gasteiger charge is -2.26. The van der Waals surface area contributed by atoms with E-state index in [9.17, 15) is 0 Å². The predicted octanol–water partition coefficient (Wildman–Crippen LogP) is 3.72. The van der Waals surface area contributed by atoms with Crippen LogP contribution in [0.5, 0.6) is 0 Å². The van der Waals surface area contributed by atoms with Gasteiger partial charge in [-0.3, -0.25) is 0 Å². The first-order valence-electron chi connectivity index (χ1n) is 7.81. The molecule has 20 heavy (non-hydrogen) atoms. The largest absolute Gasteiger partial charge is 0.350 e. The highest BCUT2D eigenvalue weighted by Crippen LogP contribution is 2.32. The molecular weight excluding hydrogens is 244 g/mol. The van der Waals surface area contributed by atoms with Crippen molar-refractivity contribution in [2.75, 3.05) is 6.54 Å². The van der Waals surface area contributed by atoms with Gasteiger partial charge in [-0.2, -0.15) is 0 Å². The molecule has 2 heteroatoms. The number of aryl methyl sites for hydroxylation is 1. The van der Waals surface area contributed by atoms with E-state index in [0.29, 0.717) is 5.92 Å². The molecule has 3 rings (SSSR count). The van der Waals surface area contributed by atoms with Crippen LogP contribution in [-0.2, 0) is 19.5 Å². The standard InChI is InChI=1S/C18H24N2/c1-2-19-13-17-10-6-12-20(17)14-16-9-5-8-15-7-3-4-11-18(15)16/h3-4,6-7,10-12,16,19H,2,5,8-9,13-14H2,1H3. The monoisotopic (exact) mass is 268 g/mol. The van der Waals surface area contributed by atoms with Crippen LogP contribution >= 0.6 is 0 Å². The number of fused-ring (bicyclic) bond motifs is 1. The van der Waals surface area contributed by atoms with Crippen molar-refractivity contribution < 1.29 is 0 Å². The van der Waals surface area contributed by atoms with Crippen LogP contribution in [-0.4, -0.2) is 11.1 Å². The molecule has 1 heterocycles.